The van der Waals surface area contributed by atoms with Crippen LogP contribution in [0.25, 0.3) is 0 Å². The van der Waals surface area contributed by atoms with Gasteiger partial charge in [0.05, 0.1) is 5.69 Å². The minimum atomic E-state index is -3.94. The van der Waals surface area contributed by atoms with E-state index >= 15 is 0 Å². The third kappa shape index (κ3) is 6.96. The van der Waals surface area contributed by atoms with Crippen LogP contribution in [-0.4, -0.2) is 33.2 Å². The first-order chi connectivity index (χ1) is 15.4. The molecule has 1 heterocycles. The minimum absolute atomic E-state index is 0.119. The number of sulfonamides is 1. The highest BCUT2D eigenvalue weighted by molar-refractivity contribution is 7.98. The molecule has 1 N–H and O–H groups in total. The first kappa shape index (κ1) is 24.6. The van der Waals surface area contributed by atoms with E-state index in [1.54, 1.807) is 23.2 Å². The average Bonchev–Trinajstić information content (AvgIpc) is 3.32. The highest BCUT2D eigenvalue weighted by Crippen LogP contribution is 2.26. The van der Waals surface area contributed by atoms with E-state index in [-0.39, 0.29) is 16.4 Å². The van der Waals surface area contributed by atoms with Crippen molar-refractivity contribution in [3.8, 4) is 0 Å². The zero-order valence-electron chi connectivity index (χ0n) is 17.0. The van der Waals surface area contributed by atoms with Crippen molar-refractivity contribution in [3.63, 3.8) is 0 Å². The fraction of sp³-hybridized carbons (Fsp3) is 0.227. The normalized spacial score (nSPS) is 11.3. The number of hydrogen-bond acceptors (Lipinski definition) is 5. The number of nitrogens with one attached hydrogen (secondary N) is 1. The molecule has 2 aromatic carbocycles. The molecule has 170 valence electrons. The van der Waals surface area contributed by atoms with Crippen molar-refractivity contribution < 1.29 is 17.6 Å². The van der Waals surface area contributed by atoms with E-state index < -0.39 is 21.7 Å². The number of amides is 1. The molecule has 0 saturated heterocycles. The van der Waals surface area contributed by atoms with Gasteiger partial charge in [-0.2, -0.15) is 11.8 Å². The third-order valence-electron chi connectivity index (χ3n) is 4.41. The Bertz CT molecular complexity index is 1110. The van der Waals surface area contributed by atoms with Crippen LogP contribution < -0.4 is 9.62 Å². The monoisotopic (exact) mass is 512 g/mol. The smallest absolute Gasteiger partial charge is 0.274 e. The summed E-state index contributed by atoms with van der Waals surface area (Å²) < 4.78 is 40.5. The number of thioether (sulfide) groups is 1. The summed E-state index contributed by atoms with van der Waals surface area (Å²) in [4.78, 5) is 12.5. The highest BCUT2D eigenvalue weighted by Gasteiger charge is 2.28. The van der Waals surface area contributed by atoms with Crippen LogP contribution >= 0.6 is 34.7 Å². The van der Waals surface area contributed by atoms with Crippen LogP contribution in [0.5, 0.6) is 0 Å². The Morgan fingerprint density at radius 3 is 2.47 bits per heavy atom. The lowest BCUT2D eigenvalue weighted by Gasteiger charge is -2.23. The molecule has 0 radical (unpaired) electrons. The standard InChI is InChI=1S/C22H22ClFN2O3S3/c23-18-6-4-17(5-7-18)16-30-13-2-12-25-21(27)15-26(20-10-8-19(24)9-11-20)32(28,29)22-3-1-14-31-22/h1,3-11,14H,2,12-13,15-16H2,(H,25,27). The van der Waals surface area contributed by atoms with E-state index in [0.717, 1.165) is 33.6 Å². The highest BCUT2D eigenvalue weighted by atomic mass is 35.5. The third-order valence-corrected chi connectivity index (χ3v) is 8.92. The molecule has 1 amide bonds. The van der Waals surface area contributed by atoms with Crippen LogP contribution in [0.3, 0.4) is 0 Å². The summed E-state index contributed by atoms with van der Waals surface area (Å²) in [5.41, 5.74) is 1.41. The van der Waals surface area contributed by atoms with Gasteiger partial charge in [0.25, 0.3) is 10.0 Å². The lowest BCUT2D eigenvalue weighted by atomic mass is 10.2. The second-order valence-corrected chi connectivity index (χ2v) is 11.4. The van der Waals surface area contributed by atoms with E-state index in [0.29, 0.717) is 11.6 Å². The van der Waals surface area contributed by atoms with Crippen LogP contribution in [0.4, 0.5) is 10.1 Å². The van der Waals surface area contributed by atoms with Crippen molar-refractivity contribution in [3.05, 3.63) is 82.4 Å². The number of anilines is 1. The molecule has 0 fully saturated rings. The molecule has 32 heavy (non-hydrogen) atoms. The van der Waals surface area contributed by atoms with Gasteiger partial charge in [0.1, 0.15) is 16.6 Å². The molecule has 0 bridgehead atoms. The zero-order valence-corrected chi connectivity index (χ0v) is 20.2. The molecule has 0 spiro atoms. The average molecular weight is 513 g/mol. The number of carbonyl (C=O) groups excluding carboxylic acids is 1. The summed E-state index contributed by atoms with van der Waals surface area (Å²) in [6.07, 6.45) is 0.748. The first-order valence-corrected chi connectivity index (χ1v) is 13.6. The van der Waals surface area contributed by atoms with E-state index in [1.807, 2.05) is 24.3 Å². The van der Waals surface area contributed by atoms with E-state index in [4.69, 9.17) is 11.6 Å². The molecular formula is C22H22ClFN2O3S3. The van der Waals surface area contributed by atoms with Gasteiger partial charge in [-0.15, -0.1) is 11.3 Å². The molecule has 1 aromatic heterocycles. The predicted octanol–water partition coefficient (Wildman–Crippen LogP) is 5.18. The quantitative estimate of drug-likeness (QED) is 0.360. The number of carbonyl (C=O) groups is 1. The molecule has 0 saturated carbocycles. The molecule has 0 atom stereocenters. The van der Waals surface area contributed by atoms with E-state index in [9.17, 15) is 17.6 Å². The molecule has 0 aliphatic rings. The van der Waals surface area contributed by atoms with Crippen LogP contribution in [0.2, 0.25) is 5.02 Å². The molecule has 10 heteroatoms. The Balaban J connectivity index is 1.52. The summed E-state index contributed by atoms with van der Waals surface area (Å²) in [5.74, 6) is 0.792. The van der Waals surface area contributed by atoms with Crippen molar-refractivity contribution in [2.45, 2.75) is 16.4 Å². The van der Waals surface area contributed by atoms with Gasteiger partial charge in [0.15, 0.2) is 0 Å². The van der Waals surface area contributed by atoms with Crippen LogP contribution in [-0.2, 0) is 20.6 Å². The Morgan fingerprint density at radius 1 is 1.09 bits per heavy atom. The molecule has 0 aliphatic carbocycles. The molecule has 0 aliphatic heterocycles. The Morgan fingerprint density at radius 2 is 1.81 bits per heavy atom. The second kappa shape index (κ2) is 11.7. The summed E-state index contributed by atoms with van der Waals surface area (Å²) in [6, 6.07) is 15.8. The predicted molar refractivity (Wildman–Crippen MR) is 130 cm³/mol. The first-order valence-electron chi connectivity index (χ1n) is 9.77. The SMILES string of the molecule is O=C(CN(c1ccc(F)cc1)S(=O)(=O)c1cccs1)NCCCSCc1ccc(Cl)cc1. The summed E-state index contributed by atoms with van der Waals surface area (Å²) >= 11 is 8.69. The van der Waals surface area contributed by atoms with Gasteiger partial charge in [0, 0.05) is 17.3 Å². The second-order valence-electron chi connectivity index (χ2n) is 6.80. The van der Waals surface area contributed by atoms with Gasteiger partial charge in [-0.1, -0.05) is 29.8 Å². The number of hydrogen-bond donors (Lipinski definition) is 1. The van der Waals surface area contributed by atoms with E-state index in [2.05, 4.69) is 5.32 Å². The molecule has 5 nitrogen and oxygen atoms in total. The van der Waals surface area contributed by atoms with Crippen molar-refractivity contribution in [1.82, 2.24) is 5.32 Å². The largest absolute Gasteiger partial charge is 0.354 e. The van der Waals surface area contributed by atoms with Gasteiger partial charge in [-0.05, 0) is 65.6 Å². The van der Waals surface area contributed by atoms with Crippen molar-refractivity contribution in [2.75, 3.05) is 23.1 Å². The van der Waals surface area contributed by atoms with Gasteiger partial charge < -0.3 is 5.32 Å². The Labute approximate surface area is 200 Å². The lowest BCUT2D eigenvalue weighted by molar-refractivity contribution is -0.119. The van der Waals surface area contributed by atoms with Gasteiger partial charge >= 0.3 is 0 Å². The van der Waals surface area contributed by atoms with Crippen molar-refractivity contribution in [1.29, 1.82) is 0 Å². The van der Waals surface area contributed by atoms with Crippen molar-refractivity contribution >= 4 is 56.3 Å². The summed E-state index contributed by atoms with van der Waals surface area (Å²) in [6.45, 7) is 0.0482. The number of thiophene rings is 1. The minimum Gasteiger partial charge on any atom is -0.354 e. The Hall–Kier alpha value is -2.07. The Kier molecular flexibility index (Phi) is 8.98. The van der Waals surface area contributed by atoms with Gasteiger partial charge in [-0.25, -0.2) is 12.8 Å². The molecule has 3 rings (SSSR count). The number of rotatable bonds is 11. The van der Waals surface area contributed by atoms with Gasteiger partial charge in [-0.3, -0.25) is 9.10 Å². The van der Waals surface area contributed by atoms with Crippen LogP contribution in [0, 0.1) is 5.82 Å². The summed E-state index contributed by atoms with van der Waals surface area (Å²) in [7, 11) is -3.94. The number of nitrogens with zero attached hydrogens (tertiary/aromatic N) is 1. The fourth-order valence-corrected chi connectivity index (χ4v) is 6.37. The maximum absolute atomic E-state index is 13.3. The van der Waals surface area contributed by atoms with E-state index in [1.165, 1.54) is 35.9 Å². The fourth-order valence-electron chi connectivity index (χ4n) is 2.80. The molecular weight excluding hydrogens is 491 g/mol. The van der Waals surface area contributed by atoms with Crippen LogP contribution in [0.1, 0.15) is 12.0 Å². The maximum Gasteiger partial charge on any atom is 0.274 e. The van der Waals surface area contributed by atoms with Crippen molar-refractivity contribution in [2.24, 2.45) is 0 Å². The molecule has 0 unspecified atom stereocenters. The zero-order chi connectivity index (χ0) is 23.0. The number of benzene rings is 2. The molecule has 3 aromatic rings. The lowest BCUT2D eigenvalue weighted by Crippen LogP contribution is -2.41. The maximum atomic E-state index is 13.3. The number of halogens is 2. The van der Waals surface area contributed by atoms with Gasteiger partial charge in [0.2, 0.25) is 5.91 Å². The summed E-state index contributed by atoms with van der Waals surface area (Å²) in [5, 5.41) is 5.13. The van der Waals surface area contributed by atoms with Crippen LogP contribution in [0.15, 0.2) is 70.3 Å². The topological polar surface area (TPSA) is 66.5 Å².